The van der Waals surface area contributed by atoms with Gasteiger partial charge in [0, 0.05) is 18.9 Å². The van der Waals surface area contributed by atoms with Gasteiger partial charge < -0.3 is 10.4 Å². The zero-order valence-corrected chi connectivity index (χ0v) is 14.1. The third-order valence-corrected chi connectivity index (χ3v) is 4.53. The molecule has 1 aliphatic rings. The minimum Gasteiger partial charge on any atom is -0.481 e. The number of hydrogen-bond donors (Lipinski definition) is 2. The summed E-state index contributed by atoms with van der Waals surface area (Å²) < 4.78 is 0. The summed E-state index contributed by atoms with van der Waals surface area (Å²) in [6.45, 7) is 1.83. The summed E-state index contributed by atoms with van der Waals surface area (Å²) >= 11 is 0. The molecule has 0 saturated heterocycles. The van der Waals surface area contributed by atoms with Gasteiger partial charge in [-0.05, 0) is 18.8 Å². The van der Waals surface area contributed by atoms with Crippen LogP contribution in [0.15, 0.2) is 0 Å². The molecule has 0 aliphatic heterocycles. The smallest absolute Gasteiger partial charge is 0.303 e. The Kier molecular flexibility index (Phi) is 9.93. The number of amides is 1. The van der Waals surface area contributed by atoms with Gasteiger partial charge in [0.05, 0.1) is 0 Å². The first kappa shape index (κ1) is 19.0. The lowest BCUT2D eigenvalue weighted by Gasteiger charge is -2.20. The van der Waals surface area contributed by atoms with Crippen molar-refractivity contribution in [2.75, 3.05) is 0 Å². The van der Waals surface area contributed by atoms with E-state index in [1.165, 1.54) is 57.8 Å². The van der Waals surface area contributed by atoms with E-state index in [4.69, 9.17) is 5.11 Å². The molecule has 1 aliphatic carbocycles. The van der Waals surface area contributed by atoms with Crippen molar-refractivity contribution in [2.45, 2.75) is 96.4 Å². The lowest BCUT2D eigenvalue weighted by Crippen LogP contribution is -2.35. The van der Waals surface area contributed by atoms with Crippen LogP contribution in [0.25, 0.3) is 0 Å². The molecule has 0 aromatic rings. The van der Waals surface area contributed by atoms with E-state index in [2.05, 4.69) is 5.32 Å². The van der Waals surface area contributed by atoms with Crippen molar-refractivity contribution < 1.29 is 14.7 Å². The molecule has 22 heavy (non-hydrogen) atoms. The van der Waals surface area contributed by atoms with Gasteiger partial charge in [0.25, 0.3) is 0 Å². The van der Waals surface area contributed by atoms with E-state index >= 15 is 0 Å². The number of nitrogens with one attached hydrogen (secondary N) is 1. The summed E-state index contributed by atoms with van der Waals surface area (Å²) in [4.78, 5) is 22.7. The maximum absolute atomic E-state index is 12.1. The molecule has 4 heteroatoms. The van der Waals surface area contributed by atoms with E-state index in [0.29, 0.717) is 6.42 Å². The molecule has 0 spiro atoms. The van der Waals surface area contributed by atoms with Crippen LogP contribution in [0.3, 0.4) is 0 Å². The molecule has 0 aromatic carbocycles. The number of carbonyl (C=O) groups excluding carboxylic acids is 1. The van der Waals surface area contributed by atoms with Gasteiger partial charge in [-0.3, -0.25) is 9.59 Å². The fourth-order valence-corrected chi connectivity index (χ4v) is 3.28. The number of carboxylic acid groups (broad SMARTS) is 1. The maximum Gasteiger partial charge on any atom is 0.303 e. The summed E-state index contributed by atoms with van der Waals surface area (Å²) in [6.07, 6.45) is 14.1. The Bertz CT molecular complexity index is 318. The highest BCUT2D eigenvalue weighted by atomic mass is 16.4. The summed E-state index contributed by atoms with van der Waals surface area (Å²) in [5.74, 6) is -0.902. The first-order valence-corrected chi connectivity index (χ1v) is 9.09. The van der Waals surface area contributed by atoms with E-state index in [9.17, 15) is 9.59 Å². The van der Waals surface area contributed by atoms with Crippen LogP contribution >= 0.6 is 0 Å². The van der Waals surface area contributed by atoms with Crippen LogP contribution in [-0.2, 0) is 9.59 Å². The molecule has 0 radical (unpaired) electrons. The number of hydrogen-bond acceptors (Lipinski definition) is 2. The molecule has 1 saturated carbocycles. The largest absolute Gasteiger partial charge is 0.481 e. The van der Waals surface area contributed by atoms with Crippen molar-refractivity contribution in [3.8, 4) is 0 Å². The van der Waals surface area contributed by atoms with Gasteiger partial charge in [-0.2, -0.15) is 0 Å². The number of rotatable bonds is 5. The van der Waals surface area contributed by atoms with E-state index in [0.717, 1.165) is 12.8 Å². The quantitative estimate of drug-likeness (QED) is 0.796. The molecule has 0 aromatic heterocycles. The highest BCUT2D eigenvalue weighted by molar-refractivity contribution is 5.77. The molecule has 128 valence electrons. The maximum atomic E-state index is 12.1. The van der Waals surface area contributed by atoms with Crippen LogP contribution in [0.5, 0.6) is 0 Å². The summed E-state index contributed by atoms with van der Waals surface area (Å²) in [7, 11) is 0. The lowest BCUT2D eigenvalue weighted by molar-refractivity contribution is -0.138. The second-order valence-electron chi connectivity index (χ2n) is 6.93. The molecule has 0 bridgehead atoms. The number of carbonyl (C=O) groups is 2. The van der Waals surface area contributed by atoms with Gasteiger partial charge in [-0.15, -0.1) is 0 Å². The van der Waals surface area contributed by atoms with Gasteiger partial charge >= 0.3 is 5.97 Å². The predicted octanol–water partition coefficient (Wildman–Crippen LogP) is 4.28. The highest BCUT2D eigenvalue weighted by Crippen LogP contribution is 2.17. The average molecular weight is 311 g/mol. The summed E-state index contributed by atoms with van der Waals surface area (Å²) in [5, 5.41) is 11.9. The second kappa shape index (κ2) is 11.5. The normalized spacial score (nSPS) is 20.4. The Morgan fingerprint density at radius 1 is 0.909 bits per heavy atom. The Hall–Kier alpha value is -1.06. The van der Waals surface area contributed by atoms with Crippen molar-refractivity contribution in [3.63, 3.8) is 0 Å². The van der Waals surface area contributed by atoms with Crippen molar-refractivity contribution in [1.29, 1.82) is 0 Å². The molecule has 2 N–H and O–H groups in total. The molecule has 1 fully saturated rings. The Morgan fingerprint density at radius 3 is 1.82 bits per heavy atom. The van der Waals surface area contributed by atoms with E-state index in [1.54, 1.807) is 0 Å². The highest BCUT2D eigenvalue weighted by Gasteiger charge is 2.16. The Balaban J connectivity index is 2.34. The zero-order valence-electron chi connectivity index (χ0n) is 14.1. The van der Waals surface area contributed by atoms with Crippen LogP contribution in [0.1, 0.15) is 90.4 Å². The number of carboxylic acids is 1. The fraction of sp³-hybridized carbons (Fsp3) is 0.889. The van der Waals surface area contributed by atoms with Gasteiger partial charge in [0.1, 0.15) is 0 Å². The topological polar surface area (TPSA) is 66.4 Å². The molecule has 0 heterocycles. The van der Waals surface area contributed by atoms with Gasteiger partial charge in [-0.25, -0.2) is 0 Å². The standard InChI is InChI=1S/C18H33NO3/c1-15(14-18(21)22)13-17(20)19-16-11-9-7-5-3-2-4-6-8-10-12-16/h15-16H,2-14H2,1H3,(H,19,20)(H,21,22)/t15-/m0/s1. The lowest BCUT2D eigenvalue weighted by atomic mass is 9.97. The van der Waals surface area contributed by atoms with Crippen LogP contribution in [0, 0.1) is 5.92 Å². The summed E-state index contributed by atoms with van der Waals surface area (Å²) in [6, 6.07) is 0.281. The van der Waals surface area contributed by atoms with Crippen molar-refractivity contribution in [2.24, 2.45) is 5.92 Å². The summed E-state index contributed by atoms with van der Waals surface area (Å²) in [5.41, 5.74) is 0. The molecule has 0 unspecified atom stereocenters. The molecule has 1 rings (SSSR count). The third-order valence-electron chi connectivity index (χ3n) is 4.53. The molecule has 1 amide bonds. The minimum atomic E-state index is -0.827. The van der Waals surface area contributed by atoms with Crippen LogP contribution in [-0.4, -0.2) is 23.0 Å². The van der Waals surface area contributed by atoms with E-state index in [-0.39, 0.29) is 24.3 Å². The Morgan fingerprint density at radius 2 is 1.36 bits per heavy atom. The van der Waals surface area contributed by atoms with Gasteiger partial charge in [0.2, 0.25) is 5.91 Å². The predicted molar refractivity (Wildman–Crippen MR) is 88.8 cm³/mol. The van der Waals surface area contributed by atoms with Crippen molar-refractivity contribution in [3.05, 3.63) is 0 Å². The van der Waals surface area contributed by atoms with Crippen LogP contribution < -0.4 is 5.32 Å². The van der Waals surface area contributed by atoms with Crippen LogP contribution in [0.2, 0.25) is 0 Å². The number of aliphatic carboxylic acids is 1. The van der Waals surface area contributed by atoms with Crippen molar-refractivity contribution >= 4 is 11.9 Å². The second-order valence-corrected chi connectivity index (χ2v) is 6.93. The monoisotopic (exact) mass is 311 g/mol. The average Bonchev–Trinajstić information content (AvgIpc) is 2.40. The zero-order chi connectivity index (χ0) is 16.2. The van der Waals surface area contributed by atoms with Crippen molar-refractivity contribution in [1.82, 2.24) is 5.32 Å². The molecular formula is C18H33NO3. The molecule has 1 atom stereocenters. The first-order valence-electron chi connectivity index (χ1n) is 9.09. The van der Waals surface area contributed by atoms with Crippen LogP contribution in [0.4, 0.5) is 0 Å². The Labute approximate surface area is 135 Å². The minimum absolute atomic E-state index is 0.0193. The fourth-order valence-electron chi connectivity index (χ4n) is 3.28. The van der Waals surface area contributed by atoms with Gasteiger partial charge in [-0.1, -0.05) is 64.7 Å². The molecule has 4 nitrogen and oxygen atoms in total. The third kappa shape index (κ3) is 9.80. The van der Waals surface area contributed by atoms with E-state index < -0.39 is 5.97 Å². The van der Waals surface area contributed by atoms with E-state index in [1.807, 2.05) is 6.92 Å². The molecular weight excluding hydrogens is 278 g/mol. The SMILES string of the molecule is C[C@H](CC(=O)O)CC(=O)NC1CCCCCCCCCCC1. The van der Waals surface area contributed by atoms with Gasteiger partial charge in [0.15, 0.2) is 0 Å². The first-order chi connectivity index (χ1) is 10.6.